The fourth-order valence-electron chi connectivity index (χ4n) is 1.78. The predicted octanol–water partition coefficient (Wildman–Crippen LogP) is 1.54. The Morgan fingerprint density at radius 3 is 2.71 bits per heavy atom. The standard InChI is InChI=1S/C11H18N2O2S2/c1-11(2)6-10(11)13-17(14,15)9-4-5-16-8(9)7-12-3/h4-5,10,12-13H,6-7H2,1-3H3. The molecule has 0 bridgehead atoms. The van der Waals surface area contributed by atoms with Gasteiger partial charge in [-0.1, -0.05) is 13.8 Å². The van der Waals surface area contributed by atoms with Crippen molar-refractivity contribution < 1.29 is 8.42 Å². The van der Waals surface area contributed by atoms with Crippen LogP contribution in [0, 0.1) is 5.41 Å². The van der Waals surface area contributed by atoms with E-state index in [1.165, 1.54) is 11.3 Å². The normalized spacial score (nSPS) is 22.6. The van der Waals surface area contributed by atoms with Gasteiger partial charge in [0.05, 0.1) is 4.90 Å². The fourth-order valence-corrected chi connectivity index (χ4v) is 4.64. The third-order valence-corrected chi connectivity index (χ3v) is 5.75. The summed E-state index contributed by atoms with van der Waals surface area (Å²) in [6, 6.07) is 1.75. The largest absolute Gasteiger partial charge is 0.315 e. The number of rotatable bonds is 5. The molecule has 2 rings (SSSR count). The highest BCUT2D eigenvalue weighted by Crippen LogP contribution is 2.45. The van der Waals surface area contributed by atoms with Gasteiger partial charge in [0, 0.05) is 17.5 Å². The molecule has 1 aromatic rings. The molecule has 1 heterocycles. The molecule has 2 N–H and O–H groups in total. The number of thiophene rings is 1. The average Bonchev–Trinajstić information content (AvgIpc) is 2.65. The van der Waals surface area contributed by atoms with E-state index in [2.05, 4.69) is 23.9 Å². The Balaban J connectivity index is 2.17. The van der Waals surface area contributed by atoms with Gasteiger partial charge in [0.1, 0.15) is 0 Å². The van der Waals surface area contributed by atoms with E-state index in [1.807, 2.05) is 12.4 Å². The monoisotopic (exact) mass is 274 g/mol. The first-order valence-corrected chi connectivity index (χ1v) is 7.96. The zero-order valence-electron chi connectivity index (χ0n) is 10.3. The van der Waals surface area contributed by atoms with Gasteiger partial charge >= 0.3 is 0 Å². The predicted molar refractivity (Wildman–Crippen MR) is 69.6 cm³/mol. The maximum atomic E-state index is 12.2. The summed E-state index contributed by atoms with van der Waals surface area (Å²) in [6.45, 7) is 4.73. The van der Waals surface area contributed by atoms with Crippen molar-refractivity contribution >= 4 is 21.4 Å². The van der Waals surface area contributed by atoms with Crippen LogP contribution in [-0.2, 0) is 16.6 Å². The van der Waals surface area contributed by atoms with Gasteiger partial charge in [-0.2, -0.15) is 0 Å². The third-order valence-electron chi connectivity index (χ3n) is 3.14. The van der Waals surface area contributed by atoms with Crippen molar-refractivity contribution in [2.24, 2.45) is 5.41 Å². The van der Waals surface area contributed by atoms with Gasteiger partial charge in [0.15, 0.2) is 0 Å². The molecule has 17 heavy (non-hydrogen) atoms. The molecule has 96 valence electrons. The highest BCUT2D eigenvalue weighted by Gasteiger charge is 2.48. The van der Waals surface area contributed by atoms with Crippen molar-refractivity contribution in [3.8, 4) is 0 Å². The molecule has 0 spiro atoms. The first-order chi connectivity index (χ1) is 7.87. The minimum absolute atomic E-state index is 0.0786. The molecule has 1 saturated carbocycles. The van der Waals surface area contributed by atoms with Crippen LogP contribution in [0.2, 0.25) is 0 Å². The van der Waals surface area contributed by atoms with Gasteiger partial charge in [-0.15, -0.1) is 11.3 Å². The topological polar surface area (TPSA) is 58.2 Å². The summed E-state index contributed by atoms with van der Waals surface area (Å²) in [5.74, 6) is 0. The summed E-state index contributed by atoms with van der Waals surface area (Å²) in [5, 5.41) is 4.80. The maximum Gasteiger partial charge on any atom is 0.241 e. The summed E-state index contributed by atoms with van der Waals surface area (Å²) in [4.78, 5) is 1.28. The average molecular weight is 274 g/mol. The zero-order valence-corrected chi connectivity index (χ0v) is 11.9. The van der Waals surface area contributed by atoms with Gasteiger partial charge in [-0.3, -0.25) is 0 Å². The van der Waals surface area contributed by atoms with E-state index in [-0.39, 0.29) is 11.5 Å². The third kappa shape index (κ3) is 2.70. The number of nitrogens with one attached hydrogen (secondary N) is 2. The Labute approximate surface area is 106 Å². The molecule has 0 aromatic carbocycles. The van der Waals surface area contributed by atoms with Crippen LogP contribution >= 0.6 is 11.3 Å². The Kier molecular flexibility index (Phi) is 3.33. The van der Waals surface area contributed by atoms with Crippen molar-refractivity contribution in [1.29, 1.82) is 0 Å². The minimum Gasteiger partial charge on any atom is -0.315 e. The van der Waals surface area contributed by atoms with Crippen LogP contribution < -0.4 is 10.0 Å². The van der Waals surface area contributed by atoms with E-state index in [4.69, 9.17) is 0 Å². The van der Waals surface area contributed by atoms with Crippen LogP contribution in [0.15, 0.2) is 16.3 Å². The summed E-state index contributed by atoms with van der Waals surface area (Å²) >= 11 is 1.47. The minimum atomic E-state index is -3.36. The second-order valence-corrected chi connectivity index (χ2v) is 7.79. The smallest absolute Gasteiger partial charge is 0.241 e. The van der Waals surface area contributed by atoms with Crippen LogP contribution in [0.1, 0.15) is 25.1 Å². The molecular formula is C11H18N2O2S2. The first kappa shape index (κ1) is 13.0. The molecule has 0 aliphatic heterocycles. The highest BCUT2D eigenvalue weighted by molar-refractivity contribution is 7.89. The summed E-state index contributed by atoms with van der Waals surface area (Å²) in [5.41, 5.74) is 0.103. The molecule has 1 fully saturated rings. The van der Waals surface area contributed by atoms with Crippen molar-refractivity contribution in [1.82, 2.24) is 10.0 Å². The van der Waals surface area contributed by atoms with E-state index in [9.17, 15) is 8.42 Å². The molecule has 1 atom stereocenters. The first-order valence-electron chi connectivity index (χ1n) is 5.60. The van der Waals surface area contributed by atoms with Crippen LogP contribution in [0.25, 0.3) is 0 Å². The van der Waals surface area contributed by atoms with Crippen molar-refractivity contribution in [3.05, 3.63) is 16.3 Å². The molecule has 1 aliphatic rings. The van der Waals surface area contributed by atoms with Crippen molar-refractivity contribution in [2.45, 2.75) is 37.8 Å². The van der Waals surface area contributed by atoms with Gasteiger partial charge in [0.2, 0.25) is 10.0 Å². The summed E-state index contributed by atoms with van der Waals surface area (Å²) < 4.78 is 27.2. The Hall–Kier alpha value is -0.430. The van der Waals surface area contributed by atoms with Crippen molar-refractivity contribution in [2.75, 3.05) is 7.05 Å². The second-order valence-electron chi connectivity index (χ2n) is 5.10. The summed E-state index contributed by atoms with van der Waals surface area (Å²) in [6.07, 6.45) is 0.914. The lowest BCUT2D eigenvalue weighted by Gasteiger charge is -2.08. The van der Waals surface area contributed by atoms with E-state index >= 15 is 0 Å². The zero-order chi connectivity index (χ0) is 12.7. The van der Waals surface area contributed by atoms with E-state index < -0.39 is 10.0 Å². The summed E-state index contributed by atoms with van der Waals surface area (Å²) in [7, 11) is -1.54. The Morgan fingerprint density at radius 1 is 1.53 bits per heavy atom. The molecule has 0 radical (unpaired) electrons. The van der Waals surface area contributed by atoms with Gasteiger partial charge < -0.3 is 5.32 Å². The molecule has 6 heteroatoms. The van der Waals surface area contributed by atoms with E-state index in [0.29, 0.717) is 11.4 Å². The fraction of sp³-hybridized carbons (Fsp3) is 0.636. The lowest BCUT2D eigenvalue weighted by Crippen LogP contribution is -2.29. The highest BCUT2D eigenvalue weighted by atomic mass is 32.2. The van der Waals surface area contributed by atoms with Crippen LogP contribution in [-0.4, -0.2) is 21.5 Å². The lowest BCUT2D eigenvalue weighted by atomic mass is 10.2. The second kappa shape index (κ2) is 4.35. The van der Waals surface area contributed by atoms with Gasteiger partial charge in [-0.05, 0) is 30.3 Å². The maximum absolute atomic E-state index is 12.2. The molecule has 4 nitrogen and oxygen atoms in total. The van der Waals surface area contributed by atoms with Crippen molar-refractivity contribution in [3.63, 3.8) is 0 Å². The Morgan fingerprint density at radius 2 is 2.18 bits per heavy atom. The lowest BCUT2D eigenvalue weighted by molar-refractivity contribution is 0.554. The molecule has 0 amide bonds. The van der Waals surface area contributed by atoms with Gasteiger partial charge in [-0.25, -0.2) is 13.1 Å². The molecule has 1 unspecified atom stereocenters. The molecule has 0 saturated heterocycles. The number of hydrogen-bond acceptors (Lipinski definition) is 4. The van der Waals surface area contributed by atoms with Crippen LogP contribution in [0.4, 0.5) is 0 Å². The quantitative estimate of drug-likeness (QED) is 0.856. The van der Waals surface area contributed by atoms with E-state index in [1.54, 1.807) is 6.07 Å². The SMILES string of the molecule is CNCc1sccc1S(=O)(=O)NC1CC1(C)C. The number of sulfonamides is 1. The van der Waals surface area contributed by atoms with E-state index in [0.717, 1.165) is 11.3 Å². The van der Waals surface area contributed by atoms with Crippen LogP contribution in [0.3, 0.4) is 0 Å². The molecule has 1 aliphatic carbocycles. The van der Waals surface area contributed by atoms with Crippen LogP contribution in [0.5, 0.6) is 0 Å². The van der Waals surface area contributed by atoms with Gasteiger partial charge in [0.25, 0.3) is 0 Å². The number of hydrogen-bond donors (Lipinski definition) is 2. The Bertz CT molecular complexity index is 505. The molecular weight excluding hydrogens is 256 g/mol. The molecule has 1 aromatic heterocycles.